The molecule has 0 radical (unpaired) electrons. The van der Waals surface area contributed by atoms with E-state index in [2.05, 4.69) is 15.5 Å². The van der Waals surface area contributed by atoms with Gasteiger partial charge in [-0.2, -0.15) is 9.29 Å². The van der Waals surface area contributed by atoms with E-state index in [0.29, 0.717) is 37.4 Å². The third-order valence-electron chi connectivity index (χ3n) is 5.64. The van der Waals surface area contributed by atoms with Crippen LogP contribution in [-0.2, 0) is 21.4 Å². The molecule has 1 N–H and O–H groups in total. The molecule has 4 rings (SSSR count). The van der Waals surface area contributed by atoms with Crippen LogP contribution in [0.3, 0.4) is 0 Å². The smallest absolute Gasteiger partial charge is 0.244 e. The van der Waals surface area contributed by atoms with Crippen LogP contribution in [0.4, 0.5) is 0 Å². The number of benzene rings is 2. The average Bonchev–Trinajstić information content (AvgIpc) is 3.24. The van der Waals surface area contributed by atoms with Crippen molar-refractivity contribution in [3.8, 4) is 11.4 Å². The molecule has 1 aliphatic rings. The summed E-state index contributed by atoms with van der Waals surface area (Å²) in [6.07, 6.45) is 1.21. The Bertz CT molecular complexity index is 1270. The zero-order chi connectivity index (χ0) is 23.6. The van der Waals surface area contributed by atoms with Gasteiger partial charge in [0.15, 0.2) is 0 Å². The van der Waals surface area contributed by atoms with E-state index in [1.165, 1.54) is 16.4 Å². The molecule has 0 saturated carbocycles. The number of nitrogens with zero attached hydrogens (tertiary/aromatic N) is 3. The second-order valence-electron chi connectivity index (χ2n) is 8.19. The number of halogens is 1. The van der Waals surface area contributed by atoms with Gasteiger partial charge in [0.2, 0.25) is 27.6 Å². The highest BCUT2D eigenvalue weighted by molar-refractivity contribution is 7.89. The number of nitrogens with one attached hydrogen (secondary N) is 1. The predicted octanol–water partition coefficient (Wildman–Crippen LogP) is 3.72. The number of hydrogen-bond acceptors (Lipinski definition) is 6. The standard InChI is InChI=1S/C23H25ClN4O4S/c1-15-5-3-6-17(11-15)13-25-23(29)19-7-4-10-28(14-19)33(30,31)21-12-18(8-9-20(21)24)22-26-16(2)32-27-22/h3,5-6,8-9,11-12,19H,4,7,10,13-14H2,1-2H3,(H,25,29). The van der Waals surface area contributed by atoms with Gasteiger partial charge in [-0.15, -0.1) is 0 Å². The van der Waals surface area contributed by atoms with Gasteiger partial charge in [-0.3, -0.25) is 4.79 Å². The lowest BCUT2D eigenvalue weighted by Crippen LogP contribution is -2.45. The van der Waals surface area contributed by atoms with E-state index in [1.807, 2.05) is 31.2 Å². The van der Waals surface area contributed by atoms with E-state index in [-0.39, 0.29) is 28.2 Å². The predicted molar refractivity (Wildman–Crippen MR) is 124 cm³/mol. The number of piperidine rings is 1. The fourth-order valence-electron chi connectivity index (χ4n) is 3.93. The SMILES string of the molecule is Cc1cccc(CNC(=O)C2CCCN(S(=O)(=O)c3cc(-c4noc(C)n4)ccc3Cl)C2)c1. The highest BCUT2D eigenvalue weighted by Gasteiger charge is 2.34. The normalized spacial score (nSPS) is 17.1. The van der Waals surface area contributed by atoms with Gasteiger partial charge in [-0.1, -0.05) is 46.6 Å². The fraction of sp³-hybridized carbons (Fsp3) is 0.348. The first-order valence-corrected chi connectivity index (χ1v) is 12.5. The number of carbonyl (C=O) groups is 1. The minimum atomic E-state index is -3.92. The lowest BCUT2D eigenvalue weighted by molar-refractivity contribution is -0.126. The van der Waals surface area contributed by atoms with Crippen molar-refractivity contribution in [3.05, 3.63) is 64.5 Å². The topological polar surface area (TPSA) is 105 Å². The third-order valence-corrected chi connectivity index (χ3v) is 7.99. The van der Waals surface area contributed by atoms with E-state index in [9.17, 15) is 13.2 Å². The molecular weight excluding hydrogens is 464 g/mol. The second-order valence-corrected chi connectivity index (χ2v) is 10.5. The lowest BCUT2D eigenvalue weighted by Gasteiger charge is -2.31. The van der Waals surface area contributed by atoms with Gasteiger partial charge in [0.1, 0.15) is 4.90 Å². The van der Waals surface area contributed by atoms with E-state index in [0.717, 1.165) is 11.1 Å². The minimum Gasteiger partial charge on any atom is -0.352 e. The summed E-state index contributed by atoms with van der Waals surface area (Å²) in [6, 6.07) is 12.5. The number of rotatable bonds is 6. The molecule has 1 atom stereocenters. The Morgan fingerprint density at radius 3 is 2.79 bits per heavy atom. The van der Waals surface area contributed by atoms with E-state index >= 15 is 0 Å². The van der Waals surface area contributed by atoms with Gasteiger partial charge in [0.05, 0.1) is 10.9 Å². The average molecular weight is 489 g/mol. The summed E-state index contributed by atoms with van der Waals surface area (Å²) in [6.45, 7) is 4.48. The van der Waals surface area contributed by atoms with Crippen LogP contribution >= 0.6 is 11.6 Å². The van der Waals surface area contributed by atoms with Crippen LogP contribution in [0.15, 0.2) is 51.9 Å². The Morgan fingerprint density at radius 2 is 2.06 bits per heavy atom. The maximum absolute atomic E-state index is 13.4. The molecule has 174 valence electrons. The Kier molecular flexibility index (Phi) is 6.83. The van der Waals surface area contributed by atoms with Crippen LogP contribution in [0.2, 0.25) is 5.02 Å². The van der Waals surface area contributed by atoms with Crippen molar-refractivity contribution in [2.75, 3.05) is 13.1 Å². The van der Waals surface area contributed by atoms with Crippen molar-refractivity contribution in [2.24, 2.45) is 5.92 Å². The quantitative estimate of drug-likeness (QED) is 0.566. The molecule has 33 heavy (non-hydrogen) atoms. The van der Waals surface area contributed by atoms with Crippen LogP contribution in [-0.4, -0.2) is 41.9 Å². The van der Waals surface area contributed by atoms with Gasteiger partial charge >= 0.3 is 0 Å². The zero-order valence-electron chi connectivity index (χ0n) is 18.4. The molecule has 8 nitrogen and oxygen atoms in total. The Balaban J connectivity index is 1.49. The maximum Gasteiger partial charge on any atom is 0.244 e. The number of sulfonamides is 1. The van der Waals surface area contributed by atoms with Crippen molar-refractivity contribution in [1.82, 2.24) is 19.8 Å². The monoisotopic (exact) mass is 488 g/mol. The highest BCUT2D eigenvalue weighted by Crippen LogP contribution is 2.31. The molecule has 1 aromatic heterocycles. The Labute approximate surface area is 198 Å². The largest absolute Gasteiger partial charge is 0.352 e. The molecule has 10 heteroatoms. The van der Waals surface area contributed by atoms with Crippen LogP contribution in [0.25, 0.3) is 11.4 Å². The summed E-state index contributed by atoms with van der Waals surface area (Å²) < 4.78 is 33.2. The van der Waals surface area contributed by atoms with Gasteiger partial charge in [0.25, 0.3) is 0 Å². The molecule has 2 aromatic carbocycles. The summed E-state index contributed by atoms with van der Waals surface area (Å²) in [4.78, 5) is 16.9. The van der Waals surface area contributed by atoms with Crippen LogP contribution in [0, 0.1) is 19.8 Å². The van der Waals surface area contributed by atoms with Crippen molar-refractivity contribution >= 4 is 27.5 Å². The molecule has 1 aliphatic heterocycles. The number of carbonyl (C=O) groups excluding carboxylic acids is 1. The van der Waals surface area contributed by atoms with E-state index in [1.54, 1.807) is 13.0 Å². The Morgan fingerprint density at radius 1 is 1.24 bits per heavy atom. The molecule has 1 amide bonds. The zero-order valence-corrected chi connectivity index (χ0v) is 20.0. The van der Waals surface area contributed by atoms with E-state index < -0.39 is 15.9 Å². The molecule has 1 fully saturated rings. The first-order chi connectivity index (χ1) is 15.7. The number of amides is 1. The number of aromatic nitrogens is 2. The van der Waals surface area contributed by atoms with Crippen molar-refractivity contribution in [3.63, 3.8) is 0 Å². The lowest BCUT2D eigenvalue weighted by atomic mass is 9.98. The van der Waals surface area contributed by atoms with Gasteiger partial charge < -0.3 is 9.84 Å². The van der Waals surface area contributed by atoms with Crippen molar-refractivity contribution in [1.29, 1.82) is 0 Å². The summed E-state index contributed by atoms with van der Waals surface area (Å²) in [5.41, 5.74) is 2.61. The minimum absolute atomic E-state index is 0.0371. The molecule has 0 spiro atoms. The van der Waals surface area contributed by atoms with Crippen LogP contribution in [0.1, 0.15) is 29.9 Å². The molecule has 0 aliphatic carbocycles. The fourth-order valence-corrected chi connectivity index (χ4v) is 5.95. The summed E-state index contributed by atoms with van der Waals surface area (Å²) in [5.74, 6) is 0.0752. The highest BCUT2D eigenvalue weighted by atomic mass is 35.5. The summed E-state index contributed by atoms with van der Waals surface area (Å²) in [5, 5.41) is 6.89. The molecule has 1 saturated heterocycles. The molecule has 1 unspecified atom stereocenters. The second kappa shape index (κ2) is 9.62. The van der Waals surface area contributed by atoms with Crippen molar-refractivity contribution in [2.45, 2.75) is 38.1 Å². The third kappa shape index (κ3) is 5.26. The van der Waals surface area contributed by atoms with Gasteiger partial charge in [0, 0.05) is 32.1 Å². The molecule has 3 aromatic rings. The molecular formula is C23H25ClN4O4S. The van der Waals surface area contributed by atoms with Crippen LogP contribution < -0.4 is 5.32 Å². The first kappa shape index (κ1) is 23.4. The summed E-state index contributed by atoms with van der Waals surface area (Å²) >= 11 is 6.27. The Hall–Kier alpha value is -2.75. The molecule has 2 heterocycles. The first-order valence-electron chi connectivity index (χ1n) is 10.7. The maximum atomic E-state index is 13.4. The van der Waals surface area contributed by atoms with Crippen LogP contribution in [0.5, 0.6) is 0 Å². The van der Waals surface area contributed by atoms with Gasteiger partial charge in [-0.25, -0.2) is 8.42 Å². The number of hydrogen-bond donors (Lipinski definition) is 1. The number of aryl methyl sites for hydroxylation is 2. The summed E-state index contributed by atoms with van der Waals surface area (Å²) in [7, 11) is -3.92. The van der Waals surface area contributed by atoms with Gasteiger partial charge in [-0.05, 0) is 43.5 Å². The van der Waals surface area contributed by atoms with Crippen molar-refractivity contribution < 1.29 is 17.7 Å². The van der Waals surface area contributed by atoms with E-state index in [4.69, 9.17) is 16.1 Å². The molecule has 0 bridgehead atoms.